The fraction of sp³-hybridized carbons (Fsp3) is 0.333. The number of halogens is 1. The minimum absolute atomic E-state index is 0.0810. The molecule has 0 atom stereocenters. The Kier molecular flexibility index (Phi) is 6.10. The van der Waals surface area contributed by atoms with Crippen LogP contribution in [0.1, 0.15) is 12.8 Å². The molecule has 9 heteroatoms. The van der Waals surface area contributed by atoms with Gasteiger partial charge in [0.15, 0.2) is 5.75 Å². The monoisotopic (exact) mass is 471 g/mol. The average molecular weight is 472 g/mol. The van der Waals surface area contributed by atoms with E-state index < -0.39 is 4.92 Å². The van der Waals surface area contributed by atoms with Gasteiger partial charge < -0.3 is 15.0 Å². The Bertz CT molecular complexity index is 1070. The standard InChI is InChI=1S/C21H22BrN5O3/c1-26-7-5-14(6-8-26)12-30-20-11-18-17(10-19(20)27(28)29)21(24-13-23-18)25-16-4-2-3-15(22)9-16/h2-4,9-11,13-14H,5-8,12H2,1H3,(H,23,24,25). The molecule has 2 heterocycles. The zero-order chi connectivity index (χ0) is 21.1. The second kappa shape index (κ2) is 8.93. The average Bonchev–Trinajstić information content (AvgIpc) is 2.73. The van der Waals surface area contributed by atoms with Gasteiger partial charge in [-0.3, -0.25) is 10.1 Å². The molecule has 0 aliphatic carbocycles. The molecule has 2 aromatic carbocycles. The van der Waals surface area contributed by atoms with Crippen LogP contribution in [0, 0.1) is 16.0 Å². The normalized spacial score (nSPS) is 15.3. The van der Waals surface area contributed by atoms with Crippen LogP contribution in [0.15, 0.2) is 47.2 Å². The highest BCUT2D eigenvalue weighted by molar-refractivity contribution is 9.10. The summed E-state index contributed by atoms with van der Waals surface area (Å²) in [6, 6.07) is 10.7. The number of ether oxygens (including phenoxy) is 1. The van der Waals surface area contributed by atoms with Gasteiger partial charge in [0.25, 0.3) is 0 Å². The molecule has 1 N–H and O–H groups in total. The SMILES string of the molecule is CN1CCC(COc2cc3ncnc(Nc4cccc(Br)c4)c3cc2[N+](=O)[O-])CC1. The molecular weight excluding hydrogens is 450 g/mol. The Morgan fingerprint density at radius 1 is 1.27 bits per heavy atom. The van der Waals surface area contributed by atoms with Crippen molar-refractivity contribution in [2.24, 2.45) is 5.92 Å². The van der Waals surface area contributed by atoms with Crippen LogP contribution >= 0.6 is 15.9 Å². The van der Waals surface area contributed by atoms with Crippen molar-refractivity contribution in [3.8, 4) is 5.75 Å². The number of benzene rings is 2. The maximum atomic E-state index is 11.7. The van der Waals surface area contributed by atoms with Gasteiger partial charge in [-0.15, -0.1) is 0 Å². The number of hydrogen-bond donors (Lipinski definition) is 1. The largest absolute Gasteiger partial charge is 0.486 e. The van der Waals surface area contributed by atoms with E-state index in [0.717, 1.165) is 36.1 Å². The van der Waals surface area contributed by atoms with Gasteiger partial charge in [0, 0.05) is 22.3 Å². The lowest BCUT2D eigenvalue weighted by molar-refractivity contribution is -0.385. The second-order valence-corrected chi connectivity index (χ2v) is 8.43. The topological polar surface area (TPSA) is 93.4 Å². The molecule has 8 nitrogen and oxygen atoms in total. The zero-order valence-corrected chi connectivity index (χ0v) is 18.1. The van der Waals surface area contributed by atoms with E-state index in [1.807, 2.05) is 24.3 Å². The number of nitro groups is 1. The summed E-state index contributed by atoms with van der Waals surface area (Å²) in [6.07, 6.45) is 3.50. The first kappa shape index (κ1) is 20.5. The number of nitro benzene ring substituents is 1. The van der Waals surface area contributed by atoms with E-state index in [0.29, 0.717) is 29.2 Å². The van der Waals surface area contributed by atoms with Crippen LogP contribution in [0.4, 0.5) is 17.2 Å². The summed E-state index contributed by atoms with van der Waals surface area (Å²) >= 11 is 3.44. The predicted molar refractivity (Wildman–Crippen MR) is 119 cm³/mol. The molecule has 3 aromatic rings. The molecule has 0 unspecified atom stereocenters. The number of nitrogens with one attached hydrogen (secondary N) is 1. The molecular formula is C21H22BrN5O3. The van der Waals surface area contributed by atoms with Crippen molar-refractivity contribution in [3.63, 3.8) is 0 Å². The third-order valence-electron chi connectivity index (χ3n) is 5.31. The maximum Gasteiger partial charge on any atom is 0.311 e. The highest BCUT2D eigenvalue weighted by atomic mass is 79.9. The van der Waals surface area contributed by atoms with Crippen molar-refractivity contribution in [2.75, 3.05) is 32.1 Å². The summed E-state index contributed by atoms with van der Waals surface area (Å²) in [5.41, 5.74) is 1.32. The van der Waals surface area contributed by atoms with Crippen molar-refractivity contribution in [3.05, 3.63) is 57.3 Å². The van der Waals surface area contributed by atoms with E-state index >= 15 is 0 Å². The highest BCUT2D eigenvalue weighted by Crippen LogP contribution is 2.35. The molecule has 0 bridgehead atoms. The van der Waals surface area contributed by atoms with Gasteiger partial charge in [0.2, 0.25) is 0 Å². The number of fused-ring (bicyclic) bond motifs is 1. The predicted octanol–water partition coefficient (Wildman–Crippen LogP) is 4.76. The summed E-state index contributed by atoms with van der Waals surface area (Å²) in [6.45, 7) is 2.51. The molecule has 1 aromatic heterocycles. The number of nitrogens with zero attached hydrogens (tertiary/aromatic N) is 4. The van der Waals surface area contributed by atoms with Crippen LogP contribution in [0.3, 0.4) is 0 Å². The minimum atomic E-state index is -0.417. The van der Waals surface area contributed by atoms with E-state index in [2.05, 4.69) is 43.2 Å². The van der Waals surface area contributed by atoms with E-state index in [1.54, 1.807) is 6.07 Å². The van der Waals surface area contributed by atoms with Crippen LogP contribution in [-0.2, 0) is 0 Å². The van der Waals surface area contributed by atoms with Gasteiger partial charge in [0.05, 0.1) is 22.4 Å². The minimum Gasteiger partial charge on any atom is -0.486 e. The Morgan fingerprint density at radius 3 is 2.80 bits per heavy atom. The summed E-state index contributed by atoms with van der Waals surface area (Å²) in [5, 5.41) is 15.5. The molecule has 0 amide bonds. The lowest BCUT2D eigenvalue weighted by Crippen LogP contribution is -2.32. The Hall–Kier alpha value is -2.78. The summed E-state index contributed by atoms with van der Waals surface area (Å²) < 4.78 is 6.83. The van der Waals surface area contributed by atoms with E-state index in [1.165, 1.54) is 12.4 Å². The Labute approximate surface area is 182 Å². The second-order valence-electron chi connectivity index (χ2n) is 7.51. The number of rotatable bonds is 6. The maximum absolute atomic E-state index is 11.7. The van der Waals surface area contributed by atoms with Gasteiger partial charge in [-0.1, -0.05) is 22.0 Å². The fourth-order valence-corrected chi connectivity index (χ4v) is 3.97. The molecule has 156 valence electrons. The van der Waals surface area contributed by atoms with Crippen molar-refractivity contribution in [1.29, 1.82) is 0 Å². The number of hydrogen-bond acceptors (Lipinski definition) is 7. The molecule has 1 saturated heterocycles. The highest BCUT2D eigenvalue weighted by Gasteiger charge is 2.22. The summed E-state index contributed by atoms with van der Waals surface area (Å²) in [5.74, 6) is 1.15. The van der Waals surface area contributed by atoms with E-state index in [9.17, 15) is 10.1 Å². The van der Waals surface area contributed by atoms with Gasteiger partial charge in [0.1, 0.15) is 12.1 Å². The number of likely N-dealkylation sites (tertiary alicyclic amines) is 1. The van der Waals surface area contributed by atoms with Gasteiger partial charge >= 0.3 is 5.69 Å². The zero-order valence-electron chi connectivity index (χ0n) is 16.5. The van der Waals surface area contributed by atoms with Crippen molar-refractivity contribution < 1.29 is 9.66 Å². The number of piperidine rings is 1. The molecule has 30 heavy (non-hydrogen) atoms. The molecule has 1 aliphatic rings. The first-order valence-electron chi connectivity index (χ1n) is 9.76. The smallest absolute Gasteiger partial charge is 0.311 e. The third-order valence-corrected chi connectivity index (χ3v) is 5.81. The Morgan fingerprint density at radius 2 is 2.07 bits per heavy atom. The fourth-order valence-electron chi connectivity index (χ4n) is 3.57. The summed E-state index contributed by atoms with van der Waals surface area (Å²) in [4.78, 5) is 22.2. The van der Waals surface area contributed by atoms with Crippen molar-refractivity contribution >= 4 is 44.0 Å². The molecule has 1 aliphatic heterocycles. The number of aromatic nitrogens is 2. The first-order chi connectivity index (χ1) is 14.5. The molecule has 0 spiro atoms. The van der Waals surface area contributed by atoms with Crippen LogP contribution < -0.4 is 10.1 Å². The number of anilines is 2. The quantitative estimate of drug-likeness (QED) is 0.408. The first-order valence-corrected chi connectivity index (χ1v) is 10.6. The van der Waals surface area contributed by atoms with E-state index in [4.69, 9.17) is 4.74 Å². The lowest BCUT2D eigenvalue weighted by Gasteiger charge is -2.28. The van der Waals surface area contributed by atoms with Crippen LogP contribution in [-0.4, -0.2) is 46.5 Å². The van der Waals surface area contributed by atoms with Gasteiger partial charge in [-0.05, 0) is 57.1 Å². The Balaban J connectivity index is 1.62. The van der Waals surface area contributed by atoms with Crippen LogP contribution in [0.25, 0.3) is 10.9 Å². The van der Waals surface area contributed by atoms with Gasteiger partial charge in [-0.25, -0.2) is 9.97 Å². The molecule has 0 saturated carbocycles. The van der Waals surface area contributed by atoms with Crippen molar-refractivity contribution in [1.82, 2.24) is 14.9 Å². The molecule has 1 fully saturated rings. The molecule has 4 rings (SSSR count). The third kappa shape index (κ3) is 4.68. The summed E-state index contributed by atoms with van der Waals surface area (Å²) in [7, 11) is 2.10. The molecule has 0 radical (unpaired) electrons. The van der Waals surface area contributed by atoms with Crippen LogP contribution in [0.5, 0.6) is 5.75 Å². The van der Waals surface area contributed by atoms with Crippen LogP contribution in [0.2, 0.25) is 0 Å². The lowest BCUT2D eigenvalue weighted by atomic mass is 9.98. The van der Waals surface area contributed by atoms with Crippen molar-refractivity contribution in [2.45, 2.75) is 12.8 Å². The van der Waals surface area contributed by atoms with Gasteiger partial charge in [-0.2, -0.15) is 0 Å². The van der Waals surface area contributed by atoms with E-state index in [-0.39, 0.29) is 11.4 Å².